The number of hydrogen-bond donors (Lipinski definition) is 1. The van der Waals surface area contributed by atoms with Gasteiger partial charge in [-0.05, 0) is 58.9 Å². The van der Waals surface area contributed by atoms with E-state index in [0.717, 1.165) is 32.9 Å². The second-order valence-electron chi connectivity index (χ2n) is 10.7. The maximum atomic E-state index is 10.8. The van der Waals surface area contributed by atoms with E-state index in [2.05, 4.69) is 86.4 Å². The van der Waals surface area contributed by atoms with E-state index in [4.69, 9.17) is 0 Å². The molecule has 2 nitrogen and oxygen atoms in total. The minimum absolute atomic E-state index is 0. The summed E-state index contributed by atoms with van der Waals surface area (Å²) in [6.45, 7) is 16.5. The zero-order chi connectivity index (χ0) is 22.9. The van der Waals surface area contributed by atoms with Crippen LogP contribution in [0.5, 0.6) is 0 Å². The average Bonchev–Trinajstić information content (AvgIpc) is 2.50. The van der Waals surface area contributed by atoms with E-state index in [1.165, 1.54) is 11.1 Å². The van der Waals surface area contributed by atoms with Gasteiger partial charge < -0.3 is 29.0 Å². The predicted octanol–water partition coefficient (Wildman–Crippen LogP) is 4.31. The summed E-state index contributed by atoms with van der Waals surface area (Å²) in [5, 5.41) is 10.5. The molecule has 0 fully saturated rings. The van der Waals surface area contributed by atoms with Crippen LogP contribution in [0.1, 0.15) is 75.0 Å². The average molecular weight is 642 g/mol. The fraction of sp³-hybridized carbons (Fsp3) is 0.462. The standard InChI is InChI=1S/C13H17BrO.C8H5BrO.C5H11.BrH.Mg/c1-12(2,3)8-13(15)7-9-6-10(14)4-5-11(9)13;9-6-1-2-7-5(3-6)4-8(7)10;1-5(2,3)4;;/h4-6,15H,7-8H2,1-3H3;1-3H,4H2;1H2,2-4H3;1H;/q;;-1;;+2/p-1. The number of ketones is 1. The van der Waals surface area contributed by atoms with Crippen molar-refractivity contribution < 1.29 is 26.9 Å². The third-order valence-electron chi connectivity index (χ3n) is 4.59. The zero-order valence-corrected chi connectivity index (χ0v) is 26.2. The van der Waals surface area contributed by atoms with Crippen molar-refractivity contribution in [1.82, 2.24) is 0 Å². The van der Waals surface area contributed by atoms with Gasteiger partial charge in [-0.25, -0.2) is 0 Å². The van der Waals surface area contributed by atoms with Crippen molar-refractivity contribution in [2.24, 2.45) is 10.8 Å². The predicted molar refractivity (Wildman–Crippen MR) is 139 cm³/mol. The summed E-state index contributed by atoms with van der Waals surface area (Å²) in [6, 6.07) is 11.9. The number of Topliss-reactive ketones (excluding diaryl/α,β-unsaturated/α-hetero) is 1. The topological polar surface area (TPSA) is 37.3 Å². The van der Waals surface area contributed by atoms with Crippen molar-refractivity contribution in [3.8, 4) is 0 Å². The third-order valence-corrected chi connectivity index (χ3v) is 5.58. The monoisotopic (exact) mass is 638 g/mol. The zero-order valence-electron chi connectivity index (χ0n) is 20.0. The van der Waals surface area contributed by atoms with Crippen molar-refractivity contribution in [2.75, 3.05) is 0 Å². The van der Waals surface area contributed by atoms with Crippen LogP contribution >= 0.6 is 31.9 Å². The van der Waals surface area contributed by atoms with E-state index in [0.29, 0.717) is 6.42 Å². The van der Waals surface area contributed by atoms with Crippen molar-refractivity contribution in [3.63, 3.8) is 0 Å². The Morgan fingerprint density at radius 2 is 1.44 bits per heavy atom. The molecule has 1 unspecified atom stereocenters. The number of rotatable bonds is 1. The van der Waals surface area contributed by atoms with Gasteiger partial charge in [-0.2, -0.15) is 5.41 Å². The molecule has 6 heteroatoms. The van der Waals surface area contributed by atoms with Gasteiger partial charge in [0.2, 0.25) is 0 Å². The Hall–Kier alpha value is 0.276. The summed E-state index contributed by atoms with van der Waals surface area (Å²) in [6.07, 6.45) is 2.24. The fourth-order valence-electron chi connectivity index (χ4n) is 3.64. The van der Waals surface area contributed by atoms with E-state index in [1.807, 2.05) is 30.3 Å². The van der Waals surface area contributed by atoms with Gasteiger partial charge in [0, 0.05) is 27.4 Å². The van der Waals surface area contributed by atoms with E-state index in [-0.39, 0.29) is 56.6 Å². The second kappa shape index (κ2) is 12.3. The smallest absolute Gasteiger partial charge is 1.00 e. The van der Waals surface area contributed by atoms with E-state index >= 15 is 0 Å². The number of carbonyl (C=O) groups excluding carboxylic acids is 1. The largest absolute Gasteiger partial charge is 2.00 e. The van der Waals surface area contributed by atoms with Gasteiger partial charge in [0.15, 0.2) is 5.78 Å². The maximum Gasteiger partial charge on any atom is 2.00 e. The minimum atomic E-state index is -0.589. The molecule has 0 radical (unpaired) electrons. The molecule has 0 amide bonds. The summed E-state index contributed by atoms with van der Waals surface area (Å²) < 4.78 is 2.15. The second-order valence-corrected chi connectivity index (χ2v) is 12.5. The maximum absolute atomic E-state index is 10.8. The molecule has 0 aliphatic heterocycles. The molecule has 2 aliphatic carbocycles. The first-order chi connectivity index (χ1) is 13.6. The summed E-state index contributed by atoms with van der Waals surface area (Å²) in [5.41, 5.74) is 4.27. The molecule has 0 saturated carbocycles. The van der Waals surface area contributed by atoms with Gasteiger partial charge in [0.25, 0.3) is 0 Å². The Morgan fingerprint density at radius 1 is 0.969 bits per heavy atom. The molecule has 0 heterocycles. The number of fused-ring (bicyclic) bond motifs is 2. The Balaban J connectivity index is 0.000000493. The van der Waals surface area contributed by atoms with Crippen LogP contribution in [-0.4, -0.2) is 33.9 Å². The Bertz CT molecular complexity index is 924. The molecule has 0 spiro atoms. The number of aliphatic hydroxyl groups is 1. The summed E-state index contributed by atoms with van der Waals surface area (Å²) in [7, 11) is 0. The molecule has 2 aromatic rings. The van der Waals surface area contributed by atoms with Gasteiger partial charge >= 0.3 is 23.1 Å². The van der Waals surface area contributed by atoms with Crippen LogP contribution in [0, 0.1) is 17.8 Å². The van der Waals surface area contributed by atoms with Gasteiger partial charge in [-0.15, -0.1) is 0 Å². The van der Waals surface area contributed by atoms with Crippen molar-refractivity contribution >= 4 is 60.7 Å². The first-order valence-corrected chi connectivity index (χ1v) is 11.8. The Kier molecular flexibility index (Phi) is 12.4. The minimum Gasteiger partial charge on any atom is -1.00 e. The molecule has 2 aliphatic rings. The molecule has 0 saturated heterocycles. The third kappa shape index (κ3) is 9.87. The van der Waals surface area contributed by atoms with Gasteiger partial charge in [-0.3, -0.25) is 4.79 Å². The van der Waals surface area contributed by atoms with E-state index in [9.17, 15) is 9.90 Å². The van der Waals surface area contributed by atoms with Crippen molar-refractivity contribution in [3.05, 3.63) is 74.5 Å². The van der Waals surface area contributed by atoms with Crippen molar-refractivity contribution in [2.45, 2.75) is 66.4 Å². The molecule has 0 aromatic heterocycles. The van der Waals surface area contributed by atoms with Crippen LogP contribution in [-0.2, 0) is 18.4 Å². The van der Waals surface area contributed by atoms with E-state index < -0.39 is 5.60 Å². The normalized spacial score (nSPS) is 17.9. The Labute approximate surface area is 237 Å². The molecular formula is C26H33Br3MgO2. The van der Waals surface area contributed by atoms with Crippen LogP contribution in [0.4, 0.5) is 0 Å². The SMILES string of the molecule is CC(C)(C)CC1(O)Cc2cc(Br)ccc21.O=C1Cc2cc(Br)ccc21.[Br-].[CH2-]C(C)(C)C.[Mg+2]. The number of carbonyl (C=O) groups is 1. The van der Waals surface area contributed by atoms with Gasteiger partial charge in [0.05, 0.1) is 5.60 Å². The first-order valence-electron chi connectivity index (χ1n) is 10.3. The number of halogens is 3. The van der Waals surface area contributed by atoms with Crippen LogP contribution < -0.4 is 17.0 Å². The summed E-state index contributed by atoms with van der Waals surface area (Å²) in [5.74, 6) is 0.266. The molecular weight excluding hydrogens is 608 g/mol. The van der Waals surface area contributed by atoms with Crippen LogP contribution in [0.15, 0.2) is 45.3 Å². The first kappa shape index (κ1) is 32.3. The number of hydrogen-bond acceptors (Lipinski definition) is 2. The molecule has 2 aromatic carbocycles. The molecule has 1 atom stereocenters. The summed E-state index contributed by atoms with van der Waals surface area (Å²) in [4.78, 5) is 10.8. The fourth-order valence-corrected chi connectivity index (χ4v) is 4.46. The van der Waals surface area contributed by atoms with Crippen molar-refractivity contribution in [1.29, 1.82) is 0 Å². The molecule has 32 heavy (non-hydrogen) atoms. The summed E-state index contributed by atoms with van der Waals surface area (Å²) >= 11 is 6.79. The van der Waals surface area contributed by atoms with E-state index in [1.54, 1.807) is 0 Å². The van der Waals surface area contributed by atoms with Crippen LogP contribution in [0.3, 0.4) is 0 Å². The van der Waals surface area contributed by atoms with Gasteiger partial charge in [-0.1, -0.05) is 79.5 Å². The molecule has 0 bridgehead atoms. The molecule has 1 N–H and O–H groups in total. The van der Waals surface area contributed by atoms with Gasteiger partial charge in [0.1, 0.15) is 0 Å². The molecule has 4 rings (SSSR count). The Morgan fingerprint density at radius 3 is 1.84 bits per heavy atom. The number of benzene rings is 2. The quantitative estimate of drug-likeness (QED) is 0.373. The van der Waals surface area contributed by atoms with Crippen LogP contribution in [0.2, 0.25) is 0 Å². The van der Waals surface area contributed by atoms with Crippen LogP contribution in [0.25, 0.3) is 0 Å². The molecule has 172 valence electrons.